The Bertz CT molecular complexity index is 782. The van der Waals surface area contributed by atoms with Gasteiger partial charge in [0.05, 0.1) is 5.69 Å². The maximum Gasteiger partial charge on any atom is 0.191 e. The normalized spacial score (nSPS) is 15.9. The molecule has 1 heterocycles. The van der Waals surface area contributed by atoms with Crippen LogP contribution in [0.2, 0.25) is 0 Å². The lowest BCUT2D eigenvalue weighted by molar-refractivity contribution is 0.582. The minimum Gasteiger partial charge on any atom is -0.355 e. The largest absolute Gasteiger partial charge is 0.355 e. The monoisotopic (exact) mass is 513 g/mol. The first-order valence-electron chi connectivity index (χ1n) is 9.71. The SMILES string of the molecule is CN=C(NCc1c(C)nn(C)c1C)NCC1(Sc2ccccc2)CCCC1.I. The molecular formula is C21H32IN5S. The molecule has 2 N–H and O–H groups in total. The van der Waals surface area contributed by atoms with E-state index in [1.165, 1.54) is 41.8 Å². The standard InChI is InChI=1S/C21H31N5S.HI/c1-16-19(17(2)26(4)25-16)14-23-20(22-3)24-15-21(12-8-9-13-21)27-18-10-6-5-7-11-18;/h5-7,10-11H,8-9,12-15H2,1-4H3,(H2,22,23,24);1H. The number of nitrogens with one attached hydrogen (secondary N) is 2. The molecule has 0 atom stereocenters. The van der Waals surface area contributed by atoms with Crippen LogP contribution in [0.5, 0.6) is 0 Å². The van der Waals surface area contributed by atoms with Crippen molar-refractivity contribution in [3.05, 3.63) is 47.3 Å². The van der Waals surface area contributed by atoms with E-state index in [0.717, 1.165) is 24.7 Å². The quantitative estimate of drug-likeness (QED) is 0.341. The third-order valence-electron chi connectivity index (χ3n) is 5.49. The summed E-state index contributed by atoms with van der Waals surface area (Å²) in [6.07, 6.45) is 5.11. The number of aliphatic imine (C=N–C) groups is 1. The smallest absolute Gasteiger partial charge is 0.191 e. The second-order valence-electron chi connectivity index (χ2n) is 7.36. The molecule has 0 saturated heterocycles. The second-order valence-corrected chi connectivity index (χ2v) is 8.90. The molecule has 0 amide bonds. The molecule has 1 aliphatic carbocycles. The number of hydrogen-bond acceptors (Lipinski definition) is 3. The molecule has 154 valence electrons. The average Bonchev–Trinajstić information content (AvgIpc) is 3.22. The molecule has 0 aliphatic heterocycles. The minimum atomic E-state index is 0. The fraction of sp³-hybridized carbons (Fsp3) is 0.524. The fourth-order valence-electron chi connectivity index (χ4n) is 3.78. The molecule has 1 aliphatic rings. The zero-order chi connectivity index (χ0) is 19.3. The molecule has 1 aromatic heterocycles. The molecular weight excluding hydrogens is 481 g/mol. The molecule has 7 heteroatoms. The van der Waals surface area contributed by atoms with E-state index in [-0.39, 0.29) is 28.7 Å². The van der Waals surface area contributed by atoms with Gasteiger partial charge in [0.2, 0.25) is 0 Å². The van der Waals surface area contributed by atoms with Gasteiger partial charge in [0.25, 0.3) is 0 Å². The summed E-state index contributed by atoms with van der Waals surface area (Å²) in [6, 6.07) is 10.8. The van der Waals surface area contributed by atoms with Gasteiger partial charge in [-0.1, -0.05) is 31.0 Å². The molecule has 3 rings (SSSR count). The van der Waals surface area contributed by atoms with E-state index in [0.29, 0.717) is 0 Å². The molecule has 0 radical (unpaired) electrons. The van der Waals surface area contributed by atoms with Gasteiger partial charge >= 0.3 is 0 Å². The predicted octanol–water partition coefficient (Wildman–Crippen LogP) is 4.43. The number of thioether (sulfide) groups is 1. The van der Waals surface area contributed by atoms with Crippen molar-refractivity contribution >= 4 is 41.7 Å². The molecule has 2 aromatic rings. The van der Waals surface area contributed by atoms with E-state index in [1.807, 2.05) is 30.5 Å². The Balaban J connectivity index is 0.00000280. The Hall–Kier alpha value is -1.22. The van der Waals surface area contributed by atoms with Crippen LogP contribution in [0.1, 0.15) is 42.6 Å². The highest BCUT2D eigenvalue weighted by molar-refractivity contribution is 14.0. The Morgan fingerprint density at radius 3 is 2.43 bits per heavy atom. The average molecular weight is 513 g/mol. The van der Waals surface area contributed by atoms with Crippen molar-refractivity contribution in [3.63, 3.8) is 0 Å². The predicted molar refractivity (Wildman–Crippen MR) is 130 cm³/mol. The molecule has 0 bridgehead atoms. The highest BCUT2D eigenvalue weighted by Gasteiger charge is 2.35. The van der Waals surface area contributed by atoms with Crippen LogP contribution in [-0.4, -0.2) is 34.1 Å². The lowest BCUT2D eigenvalue weighted by atomic mass is 10.1. The van der Waals surface area contributed by atoms with Crippen LogP contribution < -0.4 is 10.6 Å². The Morgan fingerprint density at radius 2 is 1.86 bits per heavy atom. The number of halogens is 1. The second kappa shape index (κ2) is 10.5. The zero-order valence-corrected chi connectivity index (χ0v) is 20.4. The summed E-state index contributed by atoms with van der Waals surface area (Å²) >= 11 is 2.02. The number of rotatable bonds is 6. The number of hydrogen-bond donors (Lipinski definition) is 2. The van der Waals surface area contributed by atoms with Gasteiger partial charge in [0.15, 0.2) is 5.96 Å². The van der Waals surface area contributed by atoms with Gasteiger partial charge in [-0.25, -0.2) is 0 Å². The first kappa shape index (κ1) is 23.1. The Labute approximate surface area is 190 Å². The van der Waals surface area contributed by atoms with Crippen molar-refractivity contribution in [3.8, 4) is 0 Å². The van der Waals surface area contributed by atoms with Crippen molar-refractivity contribution in [1.29, 1.82) is 0 Å². The zero-order valence-electron chi connectivity index (χ0n) is 17.3. The topological polar surface area (TPSA) is 54.2 Å². The highest BCUT2D eigenvalue weighted by atomic mass is 127. The van der Waals surface area contributed by atoms with Crippen LogP contribution in [0, 0.1) is 13.8 Å². The molecule has 1 saturated carbocycles. The van der Waals surface area contributed by atoms with Crippen molar-refractivity contribution in [1.82, 2.24) is 20.4 Å². The van der Waals surface area contributed by atoms with Crippen molar-refractivity contribution in [2.75, 3.05) is 13.6 Å². The molecule has 0 spiro atoms. The third-order valence-corrected chi connectivity index (χ3v) is 6.98. The van der Waals surface area contributed by atoms with Gasteiger partial charge in [-0.05, 0) is 38.8 Å². The summed E-state index contributed by atoms with van der Waals surface area (Å²) in [4.78, 5) is 5.78. The summed E-state index contributed by atoms with van der Waals surface area (Å²) in [6.45, 7) is 5.84. The maximum atomic E-state index is 4.49. The third kappa shape index (κ3) is 5.65. The fourth-order valence-corrected chi connectivity index (χ4v) is 5.21. The summed E-state index contributed by atoms with van der Waals surface area (Å²) in [5.41, 5.74) is 3.52. The van der Waals surface area contributed by atoms with Gasteiger partial charge in [0.1, 0.15) is 0 Å². The van der Waals surface area contributed by atoms with Crippen molar-refractivity contribution < 1.29 is 0 Å². The summed E-state index contributed by atoms with van der Waals surface area (Å²) in [7, 11) is 3.83. The highest BCUT2D eigenvalue weighted by Crippen LogP contribution is 2.44. The van der Waals surface area contributed by atoms with E-state index in [4.69, 9.17) is 0 Å². The van der Waals surface area contributed by atoms with Gasteiger partial charge < -0.3 is 10.6 Å². The number of guanidine groups is 1. The van der Waals surface area contributed by atoms with Crippen molar-refractivity contribution in [2.45, 2.75) is 55.7 Å². The van der Waals surface area contributed by atoms with Crippen LogP contribution >= 0.6 is 35.7 Å². The van der Waals surface area contributed by atoms with E-state index >= 15 is 0 Å². The lowest BCUT2D eigenvalue weighted by Crippen LogP contribution is -2.44. The van der Waals surface area contributed by atoms with Crippen LogP contribution in [-0.2, 0) is 13.6 Å². The summed E-state index contributed by atoms with van der Waals surface area (Å²) in [5, 5.41) is 11.5. The maximum absolute atomic E-state index is 4.49. The van der Waals surface area contributed by atoms with Gasteiger partial charge in [-0.15, -0.1) is 35.7 Å². The number of nitrogens with zero attached hydrogens (tertiary/aromatic N) is 3. The molecule has 5 nitrogen and oxygen atoms in total. The van der Waals surface area contributed by atoms with E-state index in [2.05, 4.69) is 64.9 Å². The molecule has 0 unspecified atom stereocenters. The summed E-state index contributed by atoms with van der Waals surface area (Å²) in [5.74, 6) is 0.859. The number of aryl methyl sites for hydroxylation is 2. The van der Waals surface area contributed by atoms with Crippen LogP contribution in [0.3, 0.4) is 0 Å². The lowest BCUT2D eigenvalue weighted by Gasteiger charge is -2.29. The number of benzene rings is 1. The Morgan fingerprint density at radius 1 is 1.18 bits per heavy atom. The van der Waals surface area contributed by atoms with Crippen LogP contribution in [0.15, 0.2) is 40.2 Å². The first-order chi connectivity index (χ1) is 13.0. The molecule has 28 heavy (non-hydrogen) atoms. The molecule has 1 aromatic carbocycles. The van der Waals surface area contributed by atoms with Gasteiger partial charge in [-0.3, -0.25) is 9.67 Å². The van der Waals surface area contributed by atoms with E-state index < -0.39 is 0 Å². The van der Waals surface area contributed by atoms with E-state index in [9.17, 15) is 0 Å². The van der Waals surface area contributed by atoms with Crippen LogP contribution in [0.25, 0.3) is 0 Å². The van der Waals surface area contributed by atoms with Gasteiger partial charge in [-0.2, -0.15) is 5.10 Å². The van der Waals surface area contributed by atoms with Gasteiger partial charge in [0, 0.05) is 48.1 Å². The number of aromatic nitrogens is 2. The van der Waals surface area contributed by atoms with Crippen LogP contribution in [0.4, 0.5) is 0 Å². The first-order valence-corrected chi connectivity index (χ1v) is 10.5. The van der Waals surface area contributed by atoms with Crippen molar-refractivity contribution in [2.24, 2.45) is 12.0 Å². The minimum absolute atomic E-state index is 0. The summed E-state index contributed by atoms with van der Waals surface area (Å²) < 4.78 is 2.19. The Kier molecular flexibility index (Phi) is 8.67. The van der Waals surface area contributed by atoms with E-state index in [1.54, 1.807) is 0 Å². The molecule has 1 fully saturated rings.